The van der Waals surface area contributed by atoms with Crippen molar-refractivity contribution in [3.05, 3.63) is 0 Å². The molecule has 0 radical (unpaired) electrons. The predicted octanol–water partition coefficient (Wildman–Crippen LogP) is 2.44. The summed E-state index contributed by atoms with van der Waals surface area (Å²) in [4.78, 5) is 19.8. The van der Waals surface area contributed by atoms with Crippen molar-refractivity contribution in [3.8, 4) is 0 Å². The molecule has 108 valence electrons. The highest BCUT2D eigenvalue weighted by molar-refractivity contribution is 6.19. The van der Waals surface area contributed by atoms with Gasteiger partial charge in [0.2, 0.25) is 5.91 Å². The van der Waals surface area contributed by atoms with Crippen LogP contribution in [-0.2, 0) is 4.79 Å². The molecule has 0 spiro atoms. The minimum Gasteiger partial charge on any atom is -0.312 e. The van der Waals surface area contributed by atoms with Gasteiger partial charge < -0.3 is 5.32 Å². The number of amides is 1. The van der Waals surface area contributed by atoms with Gasteiger partial charge in [-0.3, -0.25) is 4.79 Å². The van der Waals surface area contributed by atoms with Gasteiger partial charge in [0.25, 0.3) is 0 Å². The number of carbonyl (C=O) groups is 1. The van der Waals surface area contributed by atoms with Crippen LogP contribution in [0.3, 0.4) is 0 Å². The average molecular weight is 276 g/mol. The standard InChI is InChI=1S/C13H20N6O/c1-2-3-4-5-6-7-8-10(20)16-12-11-13(15-9-14-12)18-19-17-11/h9,11H,2-8H2,1H3,(H,14,15,16,17,18,20). The summed E-state index contributed by atoms with van der Waals surface area (Å²) in [5.74, 6) is 0.918. The zero-order valence-electron chi connectivity index (χ0n) is 11.7. The number of hydrogen-bond acceptors (Lipinski definition) is 6. The van der Waals surface area contributed by atoms with Gasteiger partial charge in [0.05, 0.1) is 0 Å². The molecule has 0 aromatic rings. The third kappa shape index (κ3) is 4.04. The Bertz CT molecular complexity index is 465. The number of nitrogens with one attached hydrogen (secondary N) is 1. The molecule has 0 saturated carbocycles. The molecular weight excluding hydrogens is 256 g/mol. The van der Waals surface area contributed by atoms with Crippen LogP contribution in [0.2, 0.25) is 0 Å². The number of hydrogen-bond donors (Lipinski definition) is 1. The molecule has 2 aliphatic heterocycles. The molecule has 1 N–H and O–H groups in total. The van der Waals surface area contributed by atoms with Gasteiger partial charge in [-0.1, -0.05) is 39.0 Å². The molecule has 1 atom stereocenters. The van der Waals surface area contributed by atoms with Crippen LogP contribution in [0, 0.1) is 0 Å². The quantitative estimate of drug-likeness (QED) is 0.711. The van der Waals surface area contributed by atoms with Crippen molar-refractivity contribution in [1.82, 2.24) is 5.32 Å². The smallest absolute Gasteiger partial charge is 0.225 e. The second kappa shape index (κ2) is 7.62. The van der Waals surface area contributed by atoms with Crippen LogP contribution >= 0.6 is 0 Å². The van der Waals surface area contributed by atoms with Gasteiger partial charge in [-0.2, -0.15) is 0 Å². The fourth-order valence-electron chi connectivity index (χ4n) is 2.10. The lowest BCUT2D eigenvalue weighted by Crippen LogP contribution is -2.42. The monoisotopic (exact) mass is 276 g/mol. The molecule has 7 nitrogen and oxygen atoms in total. The summed E-state index contributed by atoms with van der Waals surface area (Å²) < 4.78 is 0. The normalized spacial score (nSPS) is 19.6. The maximum atomic E-state index is 11.8. The van der Waals surface area contributed by atoms with Crippen molar-refractivity contribution < 1.29 is 4.79 Å². The van der Waals surface area contributed by atoms with E-state index in [0.717, 1.165) is 12.8 Å². The molecule has 0 bridgehead atoms. The summed E-state index contributed by atoms with van der Waals surface area (Å²) >= 11 is 0. The van der Waals surface area contributed by atoms with Gasteiger partial charge in [-0.25, -0.2) is 9.98 Å². The maximum absolute atomic E-state index is 11.8. The second-order valence-electron chi connectivity index (χ2n) is 4.89. The maximum Gasteiger partial charge on any atom is 0.225 e. The summed E-state index contributed by atoms with van der Waals surface area (Å²) in [6.45, 7) is 2.19. The first-order chi connectivity index (χ1) is 9.81. The van der Waals surface area contributed by atoms with Crippen molar-refractivity contribution in [1.29, 1.82) is 0 Å². The van der Waals surface area contributed by atoms with Crippen molar-refractivity contribution in [2.75, 3.05) is 0 Å². The predicted molar refractivity (Wildman–Crippen MR) is 78.1 cm³/mol. The lowest BCUT2D eigenvalue weighted by molar-refractivity contribution is -0.119. The molecule has 2 heterocycles. The van der Waals surface area contributed by atoms with Crippen molar-refractivity contribution in [2.24, 2.45) is 25.4 Å². The van der Waals surface area contributed by atoms with Crippen LogP contribution in [-0.4, -0.2) is 30.0 Å². The minimum atomic E-state index is -0.437. The third-order valence-corrected chi connectivity index (χ3v) is 3.23. The fourth-order valence-corrected chi connectivity index (χ4v) is 2.10. The first-order valence-corrected chi connectivity index (χ1v) is 7.19. The minimum absolute atomic E-state index is 0.0315. The summed E-state index contributed by atoms with van der Waals surface area (Å²) in [5.41, 5.74) is 0. The molecule has 0 aromatic heterocycles. The molecule has 1 unspecified atom stereocenters. The zero-order chi connectivity index (χ0) is 14.2. The van der Waals surface area contributed by atoms with E-state index in [-0.39, 0.29) is 5.91 Å². The number of carbonyl (C=O) groups excluding carboxylic acids is 1. The number of unbranched alkanes of at least 4 members (excludes halogenated alkanes) is 5. The van der Waals surface area contributed by atoms with Gasteiger partial charge in [0, 0.05) is 6.42 Å². The van der Waals surface area contributed by atoms with Crippen LogP contribution in [0.5, 0.6) is 0 Å². The topological polar surface area (TPSA) is 90.9 Å². The first-order valence-electron chi connectivity index (χ1n) is 7.19. The van der Waals surface area contributed by atoms with Gasteiger partial charge in [0.1, 0.15) is 12.2 Å². The van der Waals surface area contributed by atoms with Crippen LogP contribution in [0.4, 0.5) is 0 Å². The number of amidine groups is 2. The molecule has 2 aliphatic rings. The van der Waals surface area contributed by atoms with Crippen LogP contribution in [0.25, 0.3) is 0 Å². The zero-order valence-corrected chi connectivity index (χ0v) is 11.7. The highest BCUT2D eigenvalue weighted by atomic mass is 16.1. The molecule has 0 saturated heterocycles. The Morgan fingerprint density at radius 2 is 2.05 bits per heavy atom. The average Bonchev–Trinajstić information content (AvgIpc) is 2.92. The van der Waals surface area contributed by atoms with Gasteiger partial charge in [-0.15, -0.1) is 10.2 Å². The van der Waals surface area contributed by atoms with E-state index in [4.69, 9.17) is 0 Å². The summed E-state index contributed by atoms with van der Waals surface area (Å²) in [6.07, 6.45) is 8.84. The summed E-state index contributed by atoms with van der Waals surface area (Å²) in [7, 11) is 0. The number of aliphatic imine (C=N–C) groups is 2. The van der Waals surface area contributed by atoms with E-state index in [1.807, 2.05) is 0 Å². The van der Waals surface area contributed by atoms with E-state index < -0.39 is 6.04 Å². The molecule has 2 rings (SSSR count). The van der Waals surface area contributed by atoms with E-state index >= 15 is 0 Å². The number of nitrogens with zero attached hydrogens (tertiary/aromatic N) is 5. The van der Waals surface area contributed by atoms with Crippen LogP contribution < -0.4 is 5.32 Å². The summed E-state index contributed by atoms with van der Waals surface area (Å²) in [5, 5.41) is 14.0. The number of fused-ring (bicyclic) bond motifs is 1. The summed E-state index contributed by atoms with van der Waals surface area (Å²) in [6, 6.07) is -0.437. The SMILES string of the molecule is CCCCCCCCC(=O)NC1=NC=NC2=NN=NC21. The van der Waals surface area contributed by atoms with E-state index in [0.29, 0.717) is 18.1 Å². The molecule has 0 aliphatic carbocycles. The lowest BCUT2D eigenvalue weighted by atomic mass is 10.1. The lowest BCUT2D eigenvalue weighted by Gasteiger charge is -2.13. The van der Waals surface area contributed by atoms with E-state index in [2.05, 4.69) is 37.7 Å². The Morgan fingerprint density at radius 3 is 2.90 bits per heavy atom. The third-order valence-electron chi connectivity index (χ3n) is 3.23. The van der Waals surface area contributed by atoms with Crippen LogP contribution in [0.15, 0.2) is 25.4 Å². The van der Waals surface area contributed by atoms with Crippen molar-refractivity contribution in [3.63, 3.8) is 0 Å². The van der Waals surface area contributed by atoms with E-state index in [1.165, 1.54) is 32.0 Å². The second-order valence-corrected chi connectivity index (χ2v) is 4.89. The molecule has 7 heteroatoms. The first kappa shape index (κ1) is 14.5. The Balaban J connectivity index is 1.67. The van der Waals surface area contributed by atoms with Gasteiger partial charge in [-0.05, 0) is 11.6 Å². The molecule has 1 amide bonds. The highest BCUT2D eigenvalue weighted by Crippen LogP contribution is 2.11. The number of rotatable bonds is 7. The van der Waals surface area contributed by atoms with E-state index in [1.54, 1.807) is 0 Å². The fraction of sp³-hybridized carbons (Fsp3) is 0.692. The van der Waals surface area contributed by atoms with Gasteiger partial charge >= 0.3 is 0 Å². The largest absolute Gasteiger partial charge is 0.312 e. The molecule has 0 aromatic carbocycles. The van der Waals surface area contributed by atoms with E-state index in [9.17, 15) is 4.79 Å². The Labute approximate surface area is 118 Å². The van der Waals surface area contributed by atoms with Gasteiger partial charge in [0.15, 0.2) is 11.9 Å². The highest BCUT2D eigenvalue weighted by Gasteiger charge is 2.28. The Kier molecular flexibility index (Phi) is 5.52. The van der Waals surface area contributed by atoms with Crippen LogP contribution in [0.1, 0.15) is 51.9 Å². The Hall–Kier alpha value is -1.92. The molecular formula is C13H20N6O. The molecule has 20 heavy (non-hydrogen) atoms. The van der Waals surface area contributed by atoms with Crippen molar-refractivity contribution >= 4 is 23.9 Å². The Morgan fingerprint density at radius 1 is 1.25 bits per heavy atom. The molecule has 0 fully saturated rings. The van der Waals surface area contributed by atoms with Crippen molar-refractivity contribution in [2.45, 2.75) is 57.9 Å².